The summed E-state index contributed by atoms with van der Waals surface area (Å²) in [5.74, 6) is 1.09. The fourth-order valence-corrected chi connectivity index (χ4v) is 9.34. The normalized spacial score (nSPS) is 14.5. The quantitative estimate of drug-likeness (QED) is 0.112. The van der Waals surface area contributed by atoms with Gasteiger partial charge in [0, 0.05) is 13.6 Å². The van der Waals surface area contributed by atoms with E-state index in [1.54, 1.807) is 37.7 Å². The van der Waals surface area contributed by atoms with Crippen molar-refractivity contribution < 1.29 is 23.7 Å². The van der Waals surface area contributed by atoms with Gasteiger partial charge in [-0.05, 0) is 111 Å². The fourth-order valence-electron chi connectivity index (χ4n) is 5.71. The lowest BCUT2D eigenvalue weighted by Crippen LogP contribution is -2.40. The van der Waals surface area contributed by atoms with Gasteiger partial charge in [0.1, 0.15) is 12.4 Å². The minimum Gasteiger partial charge on any atom is -0.493 e. The molecule has 2 heterocycles. The zero-order chi connectivity index (χ0) is 34.1. The van der Waals surface area contributed by atoms with Crippen LogP contribution < -0.4 is 29.1 Å². The first kappa shape index (κ1) is 34.6. The van der Waals surface area contributed by atoms with Crippen LogP contribution in [-0.2, 0) is 16.1 Å². The van der Waals surface area contributed by atoms with Crippen molar-refractivity contribution in [2.45, 2.75) is 26.5 Å². The van der Waals surface area contributed by atoms with Crippen LogP contribution in [0, 0.1) is 7.14 Å². The Morgan fingerprint density at radius 3 is 2.52 bits per heavy atom. The number of nitrogens with zero attached hydrogens (tertiary/aromatic N) is 2. The van der Waals surface area contributed by atoms with E-state index in [0.29, 0.717) is 48.9 Å². The van der Waals surface area contributed by atoms with E-state index in [9.17, 15) is 9.59 Å². The standard InChI is InChI=1S/C36H29BrI2N2O6S/c1-5-46-35(43)31-19(2)40-36-41(32(31)25-16-28(44-3)29(45-4)17-26(25)37)34(42)30(48-36)14-22-13-23(38)15-27(39)33(22)47-18-21-11-8-10-20-9-6-7-12-24(20)21/h6-17,32H,5,18H2,1-4H3/b30-14-/t32-/m1/s1. The summed E-state index contributed by atoms with van der Waals surface area (Å²) in [5, 5.41) is 2.27. The molecule has 0 N–H and O–H groups in total. The van der Waals surface area contributed by atoms with E-state index < -0.39 is 12.0 Å². The summed E-state index contributed by atoms with van der Waals surface area (Å²) in [6.07, 6.45) is 1.84. The van der Waals surface area contributed by atoms with E-state index >= 15 is 0 Å². The number of benzene rings is 4. The third-order valence-electron chi connectivity index (χ3n) is 7.89. The number of allylic oxidation sites excluding steroid dienone is 1. The van der Waals surface area contributed by atoms with Gasteiger partial charge in [-0.25, -0.2) is 9.79 Å². The van der Waals surface area contributed by atoms with Crippen LogP contribution in [0.4, 0.5) is 0 Å². The zero-order valence-corrected chi connectivity index (χ0v) is 33.0. The van der Waals surface area contributed by atoms with E-state index in [2.05, 4.69) is 85.4 Å². The Balaban J connectivity index is 1.50. The summed E-state index contributed by atoms with van der Waals surface area (Å²) in [5.41, 5.74) is 2.90. The summed E-state index contributed by atoms with van der Waals surface area (Å²) in [6, 6.07) is 21.1. The molecule has 1 aliphatic heterocycles. The summed E-state index contributed by atoms with van der Waals surface area (Å²) >= 11 is 9.46. The maximum Gasteiger partial charge on any atom is 0.338 e. The Bertz CT molecular complexity index is 2290. The molecule has 0 unspecified atom stereocenters. The van der Waals surface area contributed by atoms with E-state index in [1.165, 1.54) is 18.4 Å². The van der Waals surface area contributed by atoms with Crippen LogP contribution in [0.3, 0.4) is 0 Å². The predicted molar refractivity (Wildman–Crippen MR) is 208 cm³/mol. The molecular formula is C36H29BrI2N2O6S. The van der Waals surface area contributed by atoms with Gasteiger partial charge in [-0.15, -0.1) is 0 Å². The molecular weight excluding hydrogens is 922 g/mol. The SMILES string of the molecule is CCOC(=O)C1=C(C)N=c2s/c(=C\c3cc(I)cc(I)c3OCc3cccc4ccccc34)c(=O)n2[C@@H]1c1cc(OC)c(OC)cc1Br. The molecule has 0 saturated carbocycles. The molecule has 5 aromatic rings. The molecule has 12 heteroatoms. The van der Waals surface area contributed by atoms with E-state index in [1.807, 2.05) is 36.4 Å². The number of hydrogen-bond donors (Lipinski definition) is 0. The minimum atomic E-state index is -0.838. The van der Waals surface area contributed by atoms with Gasteiger partial charge in [0.2, 0.25) is 0 Å². The highest BCUT2D eigenvalue weighted by molar-refractivity contribution is 14.1. The topological polar surface area (TPSA) is 88.4 Å². The van der Waals surface area contributed by atoms with Crippen molar-refractivity contribution in [1.29, 1.82) is 0 Å². The van der Waals surface area contributed by atoms with Crippen LogP contribution >= 0.6 is 72.4 Å². The molecule has 0 radical (unpaired) electrons. The Kier molecular flexibility index (Phi) is 10.6. The number of ether oxygens (including phenoxy) is 4. The highest BCUT2D eigenvalue weighted by atomic mass is 127. The largest absolute Gasteiger partial charge is 0.493 e. The number of halogens is 3. The number of methoxy groups -OCH3 is 2. The molecule has 0 saturated heterocycles. The molecule has 6 rings (SSSR count). The second-order valence-electron chi connectivity index (χ2n) is 10.8. The summed E-state index contributed by atoms with van der Waals surface area (Å²) in [7, 11) is 3.09. The second kappa shape index (κ2) is 14.7. The van der Waals surface area contributed by atoms with Crippen molar-refractivity contribution in [1.82, 2.24) is 4.57 Å². The lowest BCUT2D eigenvalue weighted by molar-refractivity contribution is -0.139. The predicted octanol–water partition coefficient (Wildman–Crippen LogP) is 7.52. The molecule has 4 aromatic carbocycles. The Morgan fingerprint density at radius 2 is 1.77 bits per heavy atom. The molecule has 0 bridgehead atoms. The third kappa shape index (κ3) is 6.68. The molecule has 48 heavy (non-hydrogen) atoms. The van der Waals surface area contributed by atoms with Gasteiger partial charge in [-0.1, -0.05) is 69.7 Å². The molecule has 246 valence electrons. The molecule has 1 atom stereocenters. The van der Waals surface area contributed by atoms with E-state index in [-0.39, 0.29) is 17.7 Å². The molecule has 8 nitrogen and oxygen atoms in total. The number of carbonyl (C=O) groups excluding carboxylic acids is 1. The van der Waals surface area contributed by atoms with Crippen molar-refractivity contribution in [2.24, 2.45) is 4.99 Å². The van der Waals surface area contributed by atoms with E-state index in [4.69, 9.17) is 23.9 Å². The van der Waals surface area contributed by atoms with Gasteiger partial charge < -0.3 is 18.9 Å². The maximum absolute atomic E-state index is 14.4. The zero-order valence-electron chi connectivity index (χ0n) is 26.3. The third-order valence-corrected chi connectivity index (χ3v) is 11.0. The molecule has 0 fully saturated rings. The Morgan fingerprint density at radius 1 is 1.04 bits per heavy atom. The number of thiazole rings is 1. The maximum atomic E-state index is 14.4. The molecule has 1 aromatic heterocycles. The Labute approximate surface area is 316 Å². The highest BCUT2D eigenvalue weighted by Crippen LogP contribution is 2.41. The first-order valence-electron chi connectivity index (χ1n) is 14.8. The number of rotatable bonds is 9. The average molecular weight is 951 g/mol. The smallest absolute Gasteiger partial charge is 0.338 e. The van der Waals surface area contributed by atoms with E-state index in [0.717, 1.165) is 29.0 Å². The lowest BCUT2D eigenvalue weighted by atomic mass is 9.95. The van der Waals surface area contributed by atoms with Crippen molar-refractivity contribution in [3.8, 4) is 17.2 Å². The number of fused-ring (bicyclic) bond motifs is 2. The van der Waals surface area contributed by atoms with Crippen LogP contribution in [0.25, 0.3) is 16.8 Å². The van der Waals surface area contributed by atoms with Crippen molar-refractivity contribution >= 4 is 95.3 Å². The highest BCUT2D eigenvalue weighted by Gasteiger charge is 2.35. The number of aromatic nitrogens is 1. The number of esters is 1. The van der Waals surface area contributed by atoms with Gasteiger partial charge in [0.15, 0.2) is 16.3 Å². The van der Waals surface area contributed by atoms with Gasteiger partial charge in [0.25, 0.3) is 5.56 Å². The van der Waals surface area contributed by atoms with Crippen molar-refractivity contribution in [3.63, 3.8) is 0 Å². The number of carbonyl (C=O) groups is 1. The monoisotopic (exact) mass is 950 g/mol. The first-order chi connectivity index (χ1) is 23.1. The molecule has 0 spiro atoms. The lowest BCUT2D eigenvalue weighted by Gasteiger charge is -2.26. The molecule has 1 aliphatic rings. The number of hydrogen-bond acceptors (Lipinski definition) is 8. The minimum absolute atomic E-state index is 0.173. The van der Waals surface area contributed by atoms with Gasteiger partial charge in [0.05, 0.1) is 46.2 Å². The second-order valence-corrected chi connectivity index (χ2v) is 15.0. The molecule has 0 amide bonds. The molecule has 0 aliphatic carbocycles. The summed E-state index contributed by atoms with van der Waals surface area (Å²) in [4.78, 5) is 33.1. The van der Waals surface area contributed by atoms with Gasteiger partial charge >= 0.3 is 5.97 Å². The Hall–Kier alpha value is -3.21. The van der Waals surface area contributed by atoms with Crippen LogP contribution in [-0.4, -0.2) is 31.4 Å². The van der Waals surface area contributed by atoms with Crippen LogP contribution in [0.2, 0.25) is 0 Å². The van der Waals surface area contributed by atoms with Crippen LogP contribution in [0.5, 0.6) is 17.2 Å². The van der Waals surface area contributed by atoms with Crippen molar-refractivity contribution in [3.05, 3.63) is 126 Å². The van der Waals surface area contributed by atoms with Crippen LogP contribution in [0.15, 0.2) is 92.3 Å². The van der Waals surface area contributed by atoms with Gasteiger partial charge in [-0.3, -0.25) is 9.36 Å². The fraction of sp³-hybridized carbons (Fsp3) is 0.194. The average Bonchev–Trinajstić information content (AvgIpc) is 3.37. The van der Waals surface area contributed by atoms with Crippen molar-refractivity contribution in [2.75, 3.05) is 20.8 Å². The summed E-state index contributed by atoms with van der Waals surface area (Å²) < 4.78 is 27.6. The first-order valence-corrected chi connectivity index (χ1v) is 18.6. The van der Waals surface area contributed by atoms with Gasteiger partial charge in [-0.2, -0.15) is 0 Å². The summed E-state index contributed by atoms with van der Waals surface area (Å²) in [6.45, 7) is 4.03. The van der Waals surface area contributed by atoms with Crippen LogP contribution in [0.1, 0.15) is 36.6 Å².